The van der Waals surface area contributed by atoms with E-state index >= 15 is 0 Å². The molecule has 4 rings (SSSR count). The Morgan fingerprint density at radius 1 is 1.03 bits per heavy atom. The maximum absolute atomic E-state index is 13.5. The molecule has 0 saturated carbocycles. The van der Waals surface area contributed by atoms with E-state index in [-0.39, 0.29) is 11.9 Å². The van der Waals surface area contributed by atoms with E-state index in [0.717, 1.165) is 30.0 Å². The molecule has 1 aromatic heterocycles. The topological polar surface area (TPSA) is 45.7 Å². The number of benzene rings is 2. The Morgan fingerprint density at radius 2 is 1.71 bits per heavy atom. The van der Waals surface area contributed by atoms with Gasteiger partial charge < -0.3 is 14.5 Å². The Morgan fingerprint density at radius 3 is 2.35 bits per heavy atom. The van der Waals surface area contributed by atoms with Gasteiger partial charge in [0, 0.05) is 42.8 Å². The number of nitrogens with zero attached hydrogens (tertiary/aromatic N) is 3. The summed E-state index contributed by atoms with van der Waals surface area (Å²) < 4.78 is 18.9. The molecule has 3 aromatic rings. The molecule has 0 bridgehead atoms. The third-order valence-electron chi connectivity index (χ3n) is 5.18. The molecule has 0 atom stereocenters. The fraction of sp³-hybridized carbons (Fsp3) is 0.333. The second kappa shape index (κ2) is 8.35. The largest absolute Gasteiger partial charge is 0.444 e. The molecule has 1 aliphatic rings. The number of hydrogen-bond donors (Lipinski definition) is 0. The lowest BCUT2D eigenvalue weighted by Gasteiger charge is -2.36. The number of fused-ring (bicyclic) bond motifs is 1. The lowest BCUT2D eigenvalue weighted by Crippen LogP contribution is -2.50. The predicted molar refractivity (Wildman–Crippen MR) is 122 cm³/mol. The molecule has 2 aromatic carbocycles. The van der Waals surface area contributed by atoms with Gasteiger partial charge in [-0.1, -0.05) is 23.7 Å². The van der Waals surface area contributed by atoms with Gasteiger partial charge in [-0.05, 0) is 57.2 Å². The molecule has 1 aliphatic heterocycles. The van der Waals surface area contributed by atoms with Crippen molar-refractivity contribution in [1.82, 2.24) is 9.88 Å². The Labute approximate surface area is 186 Å². The third kappa shape index (κ3) is 4.90. The van der Waals surface area contributed by atoms with E-state index in [2.05, 4.69) is 9.88 Å². The van der Waals surface area contributed by atoms with Gasteiger partial charge in [-0.15, -0.1) is 0 Å². The molecule has 0 aliphatic carbocycles. The van der Waals surface area contributed by atoms with Gasteiger partial charge in [0.1, 0.15) is 11.4 Å². The molecule has 7 heteroatoms. The van der Waals surface area contributed by atoms with Gasteiger partial charge in [-0.2, -0.15) is 0 Å². The summed E-state index contributed by atoms with van der Waals surface area (Å²) in [5, 5.41) is 1.08. The fourth-order valence-corrected chi connectivity index (χ4v) is 3.88. The van der Waals surface area contributed by atoms with Crippen molar-refractivity contribution in [3.63, 3.8) is 0 Å². The summed E-state index contributed by atoms with van der Waals surface area (Å²) in [6, 6.07) is 14.3. The van der Waals surface area contributed by atoms with Gasteiger partial charge in [0.2, 0.25) is 0 Å². The van der Waals surface area contributed by atoms with Gasteiger partial charge in [0.15, 0.2) is 0 Å². The van der Waals surface area contributed by atoms with Crippen LogP contribution in [0.15, 0.2) is 48.5 Å². The van der Waals surface area contributed by atoms with Crippen molar-refractivity contribution in [2.24, 2.45) is 0 Å². The monoisotopic (exact) mass is 441 g/mol. The summed E-state index contributed by atoms with van der Waals surface area (Å²) in [5.74, 6) is -0.333. The molecule has 162 valence electrons. The standard InChI is InChI=1S/C24H25ClFN3O2/c1-24(2,3)31-23(30)29-12-10-28(11-13-29)18-7-4-16(5-8-18)22-15-20(25)19-14-17(26)6-9-21(19)27-22/h4-9,14-15H,10-13H2,1-3H3. The highest BCUT2D eigenvalue weighted by Gasteiger charge is 2.26. The minimum atomic E-state index is -0.488. The predicted octanol–water partition coefficient (Wildman–Crippen LogP) is 5.75. The van der Waals surface area contributed by atoms with Gasteiger partial charge >= 0.3 is 6.09 Å². The van der Waals surface area contributed by atoms with Crippen molar-refractivity contribution in [2.45, 2.75) is 26.4 Å². The molecule has 0 unspecified atom stereocenters. The molecule has 0 radical (unpaired) electrons. The first-order valence-electron chi connectivity index (χ1n) is 10.3. The van der Waals surface area contributed by atoms with Crippen LogP contribution in [0, 0.1) is 5.82 Å². The van der Waals surface area contributed by atoms with Crippen LogP contribution in [0.5, 0.6) is 0 Å². The Hall–Kier alpha value is -2.86. The molecule has 1 saturated heterocycles. The molecule has 5 nitrogen and oxygen atoms in total. The van der Waals surface area contributed by atoms with Crippen LogP contribution in [0.1, 0.15) is 20.8 Å². The van der Waals surface area contributed by atoms with Crippen molar-refractivity contribution >= 4 is 34.3 Å². The van der Waals surface area contributed by atoms with Crippen molar-refractivity contribution in [1.29, 1.82) is 0 Å². The number of hydrogen-bond acceptors (Lipinski definition) is 4. The minimum absolute atomic E-state index is 0.262. The number of piperazine rings is 1. The second-order valence-electron chi connectivity index (χ2n) is 8.65. The average molecular weight is 442 g/mol. The highest BCUT2D eigenvalue weighted by Crippen LogP contribution is 2.30. The summed E-state index contributed by atoms with van der Waals surface area (Å²) in [7, 11) is 0. The van der Waals surface area contributed by atoms with E-state index in [9.17, 15) is 9.18 Å². The lowest BCUT2D eigenvalue weighted by molar-refractivity contribution is 0.0240. The van der Waals surface area contributed by atoms with E-state index in [0.29, 0.717) is 29.0 Å². The normalized spacial score (nSPS) is 14.7. The number of amides is 1. The number of aromatic nitrogens is 1. The summed E-state index contributed by atoms with van der Waals surface area (Å²) in [6.45, 7) is 8.34. The molecular weight excluding hydrogens is 417 g/mol. The van der Waals surface area contributed by atoms with Crippen molar-refractivity contribution < 1.29 is 13.9 Å². The number of carbonyl (C=O) groups excluding carboxylic acids is 1. The summed E-state index contributed by atoms with van der Waals surface area (Å²) in [5.41, 5.74) is 2.93. The second-order valence-corrected chi connectivity index (χ2v) is 9.06. The van der Waals surface area contributed by atoms with Gasteiger partial charge in [-0.3, -0.25) is 0 Å². The Kier molecular flexibility index (Phi) is 5.75. The SMILES string of the molecule is CC(C)(C)OC(=O)N1CCN(c2ccc(-c3cc(Cl)c4cc(F)ccc4n3)cc2)CC1. The molecule has 0 N–H and O–H groups in total. The van der Waals surface area contributed by atoms with Crippen molar-refractivity contribution in [3.05, 3.63) is 59.4 Å². The first kappa shape index (κ1) is 21.4. The van der Waals surface area contributed by atoms with Crippen LogP contribution in [-0.4, -0.2) is 47.8 Å². The lowest BCUT2D eigenvalue weighted by atomic mass is 10.1. The number of halogens is 2. The summed E-state index contributed by atoms with van der Waals surface area (Å²) in [6.07, 6.45) is -0.262. The zero-order chi connectivity index (χ0) is 22.2. The summed E-state index contributed by atoms with van der Waals surface area (Å²) in [4.78, 5) is 20.9. The molecule has 1 amide bonds. The van der Waals surface area contributed by atoms with Gasteiger partial charge in [-0.25, -0.2) is 14.2 Å². The van der Waals surface area contributed by atoms with E-state index in [1.54, 1.807) is 17.0 Å². The van der Waals surface area contributed by atoms with E-state index in [1.165, 1.54) is 12.1 Å². The van der Waals surface area contributed by atoms with Gasteiger partial charge in [0.25, 0.3) is 0 Å². The molecule has 0 spiro atoms. The minimum Gasteiger partial charge on any atom is -0.444 e. The van der Waals surface area contributed by atoms with Crippen molar-refractivity contribution in [2.75, 3.05) is 31.1 Å². The first-order chi connectivity index (χ1) is 14.7. The van der Waals surface area contributed by atoms with Crippen LogP contribution in [-0.2, 0) is 4.74 Å². The highest BCUT2D eigenvalue weighted by atomic mass is 35.5. The average Bonchev–Trinajstić information content (AvgIpc) is 2.73. The van der Waals surface area contributed by atoms with Crippen LogP contribution in [0.2, 0.25) is 5.02 Å². The van der Waals surface area contributed by atoms with E-state index in [4.69, 9.17) is 16.3 Å². The molecular formula is C24H25ClFN3O2. The maximum Gasteiger partial charge on any atom is 0.410 e. The van der Waals surface area contributed by atoms with Crippen LogP contribution in [0.25, 0.3) is 22.2 Å². The third-order valence-corrected chi connectivity index (χ3v) is 5.49. The van der Waals surface area contributed by atoms with Crippen LogP contribution < -0.4 is 4.90 Å². The van der Waals surface area contributed by atoms with Crippen LogP contribution in [0.4, 0.5) is 14.9 Å². The zero-order valence-electron chi connectivity index (χ0n) is 17.9. The highest BCUT2D eigenvalue weighted by molar-refractivity contribution is 6.35. The maximum atomic E-state index is 13.5. The van der Waals surface area contributed by atoms with E-state index in [1.807, 2.05) is 45.0 Å². The number of rotatable bonds is 2. The van der Waals surface area contributed by atoms with Crippen LogP contribution in [0.3, 0.4) is 0 Å². The quantitative estimate of drug-likeness (QED) is 0.507. The molecule has 1 fully saturated rings. The van der Waals surface area contributed by atoms with E-state index < -0.39 is 5.60 Å². The number of anilines is 1. The fourth-order valence-electron chi connectivity index (χ4n) is 3.62. The summed E-state index contributed by atoms with van der Waals surface area (Å²) >= 11 is 6.36. The molecule has 2 heterocycles. The van der Waals surface area contributed by atoms with Gasteiger partial charge in [0.05, 0.1) is 16.2 Å². The zero-order valence-corrected chi connectivity index (χ0v) is 18.6. The smallest absolute Gasteiger partial charge is 0.410 e. The molecule has 31 heavy (non-hydrogen) atoms. The first-order valence-corrected chi connectivity index (χ1v) is 10.7. The van der Waals surface area contributed by atoms with Crippen LogP contribution >= 0.6 is 11.6 Å². The van der Waals surface area contributed by atoms with Crippen molar-refractivity contribution in [3.8, 4) is 11.3 Å². The Balaban J connectivity index is 1.45. The number of pyridine rings is 1. The Bertz CT molecular complexity index is 1100. The number of carbonyl (C=O) groups is 1. The number of ether oxygens (including phenoxy) is 1.